The van der Waals surface area contributed by atoms with E-state index in [1.807, 2.05) is 18.2 Å². The maximum absolute atomic E-state index is 6.33. The number of aromatic amines is 1. The molecule has 2 aliphatic rings. The topological polar surface area (TPSA) is 28.3 Å². The minimum Gasteiger partial charge on any atom is -0.497 e. The molecule has 29 heavy (non-hydrogen) atoms. The van der Waals surface area contributed by atoms with Crippen molar-refractivity contribution in [2.75, 3.05) is 26.7 Å². The monoisotopic (exact) mass is 406 g/mol. The molecule has 1 aliphatic heterocycles. The molecule has 2 unspecified atom stereocenters. The van der Waals surface area contributed by atoms with Gasteiger partial charge in [-0.3, -0.25) is 4.90 Å². The molecule has 2 atom stereocenters. The average molecular weight is 407 g/mol. The molecule has 0 saturated carbocycles. The van der Waals surface area contributed by atoms with E-state index in [0.717, 1.165) is 49.7 Å². The van der Waals surface area contributed by atoms with Gasteiger partial charge in [0.05, 0.1) is 7.11 Å². The molecule has 1 fully saturated rings. The molecule has 4 heteroatoms. The van der Waals surface area contributed by atoms with E-state index in [-0.39, 0.29) is 5.41 Å². The summed E-state index contributed by atoms with van der Waals surface area (Å²) in [6.07, 6.45) is 5.28. The lowest BCUT2D eigenvalue weighted by atomic mass is 9.58. The molecule has 1 aliphatic carbocycles. The van der Waals surface area contributed by atoms with Gasteiger partial charge in [-0.25, -0.2) is 0 Å². The standard InChI is InChI=1S/C25H27ClN2O/c1-3-10-28-11-9-25(17-5-4-6-20(12-17)29-2)15-24-21(13-18(25)16-28)22-14-19(26)7-8-23(22)27-24/h3-8,12,14,18,27H,1,9-11,13,15-16H2,2H3. The number of halogens is 1. The number of ether oxygens (including phenoxy) is 1. The van der Waals surface area contributed by atoms with Crippen molar-refractivity contribution in [2.24, 2.45) is 5.92 Å². The molecule has 0 bridgehead atoms. The molecule has 1 aromatic heterocycles. The summed E-state index contributed by atoms with van der Waals surface area (Å²) in [6, 6.07) is 14.9. The largest absolute Gasteiger partial charge is 0.497 e. The highest BCUT2D eigenvalue weighted by Gasteiger charge is 2.48. The molecule has 150 valence electrons. The zero-order valence-electron chi connectivity index (χ0n) is 16.9. The molecule has 5 rings (SSSR count). The Labute approximate surface area is 177 Å². The van der Waals surface area contributed by atoms with Crippen LogP contribution in [0.15, 0.2) is 55.1 Å². The van der Waals surface area contributed by atoms with Crippen LogP contribution < -0.4 is 4.74 Å². The SMILES string of the molecule is C=CCN1CCC2(c3cccc(OC)c3)Cc3[nH]c4ccc(Cl)cc4c3CC2C1. The number of fused-ring (bicyclic) bond motifs is 4. The summed E-state index contributed by atoms with van der Waals surface area (Å²) in [6.45, 7) is 7.10. The number of benzene rings is 2. The number of aromatic nitrogens is 1. The molecule has 3 nitrogen and oxygen atoms in total. The lowest BCUT2D eigenvalue weighted by molar-refractivity contribution is 0.0896. The Morgan fingerprint density at radius 1 is 1.31 bits per heavy atom. The zero-order valence-corrected chi connectivity index (χ0v) is 17.6. The Morgan fingerprint density at radius 2 is 2.21 bits per heavy atom. The first-order valence-corrected chi connectivity index (χ1v) is 10.8. The number of nitrogens with one attached hydrogen (secondary N) is 1. The smallest absolute Gasteiger partial charge is 0.119 e. The summed E-state index contributed by atoms with van der Waals surface area (Å²) >= 11 is 6.33. The highest BCUT2D eigenvalue weighted by atomic mass is 35.5. The average Bonchev–Trinajstić information content (AvgIpc) is 3.08. The maximum atomic E-state index is 6.33. The van der Waals surface area contributed by atoms with Crippen molar-refractivity contribution in [1.29, 1.82) is 0 Å². The summed E-state index contributed by atoms with van der Waals surface area (Å²) in [4.78, 5) is 6.26. The van der Waals surface area contributed by atoms with Crippen LogP contribution in [-0.2, 0) is 18.3 Å². The van der Waals surface area contributed by atoms with E-state index in [1.165, 1.54) is 27.7 Å². The van der Waals surface area contributed by atoms with Gasteiger partial charge in [-0.2, -0.15) is 0 Å². The van der Waals surface area contributed by atoms with Gasteiger partial charge in [0.1, 0.15) is 5.75 Å². The van der Waals surface area contributed by atoms with E-state index in [1.54, 1.807) is 7.11 Å². The quantitative estimate of drug-likeness (QED) is 0.589. The van der Waals surface area contributed by atoms with E-state index < -0.39 is 0 Å². The summed E-state index contributed by atoms with van der Waals surface area (Å²) < 4.78 is 5.57. The molecular formula is C25H27ClN2O. The van der Waals surface area contributed by atoms with Gasteiger partial charge >= 0.3 is 0 Å². The van der Waals surface area contributed by atoms with Crippen LogP contribution in [0.2, 0.25) is 5.02 Å². The van der Waals surface area contributed by atoms with Gasteiger partial charge in [0, 0.05) is 40.1 Å². The van der Waals surface area contributed by atoms with Gasteiger partial charge in [-0.05, 0) is 73.2 Å². The summed E-state index contributed by atoms with van der Waals surface area (Å²) in [5.41, 5.74) is 5.55. The minimum atomic E-state index is 0.129. The third-order valence-electron chi connectivity index (χ3n) is 7.07. The lowest BCUT2D eigenvalue weighted by Crippen LogP contribution is -2.53. The van der Waals surface area contributed by atoms with Gasteiger partial charge in [0.15, 0.2) is 0 Å². The fourth-order valence-corrected chi connectivity index (χ4v) is 5.79. The van der Waals surface area contributed by atoms with Crippen LogP contribution in [0.25, 0.3) is 10.9 Å². The molecule has 0 spiro atoms. The van der Waals surface area contributed by atoms with Gasteiger partial charge in [-0.1, -0.05) is 29.8 Å². The number of piperidine rings is 1. The van der Waals surface area contributed by atoms with Crippen LogP contribution in [0.3, 0.4) is 0 Å². The normalized spacial score (nSPS) is 24.1. The van der Waals surface area contributed by atoms with Crippen LogP contribution in [0.1, 0.15) is 23.2 Å². The third-order valence-corrected chi connectivity index (χ3v) is 7.30. The Balaban J connectivity index is 1.63. The van der Waals surface area contributed by atoms with Crippen LogP contribution in [0.5, 0.6) is 5.75 Å². The fraction of sp³-hybridized carbons (Fsp3) is 0.360. The minimum absolute atomic E-state index is 0.129. The van der Waals surface area contributed by atoms with E-state index in [4.69, 9.17) is 16.3 Å². The van der Waals surface area contributed by atoms with Crippen molar-refractivity contribution >= 4 is 22.5 Å². The second-order valence-electron chi connectivity index (χ2n) is 8.54. The Morgan fingerprint density at radius 3 is 3.03 bits per heavy atom. The van der Waals surface area contributed by atoms with Crippen molar-refractivity contribution in [3.05, 3.63) is 77.0 Å². The van der Waals surface area contributed by atoms with Crippen LogP contribution in [0.4, 0.5) is 0 Å². The van der Waals surface area contributed by atoms with Gasteiger partial charge in [0.25, 0.3) is 0 Å². The second-order valence-corrected chi connectivity index (χ2v) is 8.97. The van der Waals surface area contributed by atoms with E-state index in [2.05, 4.69) is 46.8 Å². The molecule has 1 saturated heterocycles. The molecular weight excluding hydrogens is 380 g/mol. The highest BCUT2D eigenvalue weighted by molar-refractivity contribution is 6.31. The first-order chi connectivity index (χ1) is 14.1. The second kappa shape index (κ2) is 7.23. The number of hydrogen-bond acceptors (Lipinski definition) is 2. The number of rotatable bonds is 4. The predicted molar refractivity (Wildman–Crippen MR) is 120 cm³/mol. The Hall–Kier alpha value is -2.23. The first kappa shape index (κ1) is 18.8. The van der Waals surface area contributed by atoms with Crippen molar-refractivity contribution in [3.8, 4) is 5.75 Å². The van der Waals surface area contributed by atoms with E-state index in [9.17, 15) is 0 Å². The van der Waals surface area contributed by atoms with Crippen LogP contribution in [0, 0.1) is 5.92 Å². The number of methoxy groups -OCH3 is 1. The van der Waals surface area contributed by atoms with Crippen molar-refractivity contribution in [1.82, 2.24) is 9.88 Å². The molecule has 0 radical (unpaired) electrons. The van der Waals surface area contributed by atoms with E-state index in [0.29, 0.717) is 5.92 Å². The Kier molecular flexibility index (Phi) is 4.68. The zero-order chi connectivity index (χ0) is 20.0. The number of likely N-dealkylation sites (tertiary alicyclic amines) is 1. The molecule has 0 amide bonds. The van der Waals surface area contributed by atoms with Crippen molar-refractivity contribution in [3.63, 3.8) is 0 Å². The number of nitrogens with zero attached hydrogens (tertiary/aromatic N) is 1. The first-order valence-electron chi connectivity index (χ1n) is 10.4. The highest BCUT2D eigenvalue weighted by Crippen LogP contribution is 2.49. The van der Waals surface area contributed by atoms with Crippen molar-refractivity contribution < 1.29 is 4.74 Å². The van der Waals surface area contributed by atoms with Gasteiger partial charge in [0.2, 0.25) is 0 Å². The Bertz CT molecular complexity index is 1070. The molecule has 1 N–H and O–H groups in total. The molecule has 2 heterocycles. The maximum Gasteiger partial charge on any atom is 0.119 e. The van der Waals surface area contributed by atoms with Gasteiger partial charge in [-0.15, -0.1) is 6.58 Å². The van der Waals surface area contributed by atoms with Crippen LogP contribution >= 0.6 is 11.6 Å². The van der Waals surface area contributed by atoms with Gasteiger partial charge < -0.3 is 9.72 Å². The fourth-order valence-electron chi connectivity index (χ4n) is 5.62. The summed E-state index contributed by atoms with van der Waals surface area (Å²) in [7, 11) is 1.75. The summed E-state index contributed by atoms with van der Waals surface area (Å²) in [5.74, 6) is 1.49. The lowest BCUT2D eigenvalue weighted by Gasteiger charge is -2.51. The molecule has 2 aromatic carbocycles. The third kappa shape index (κ3) is 3.08. The number of hydrogen-bond donors (Lipinski definition) is 1. The number of H-pyrrole nitrogens is 1. The molecule has 3 aromatic rings. The van der Waals surface area contributed by atoms with Crippen LogP contribution in [-0.4, -0.2) is 36.6 Å². The predicted octanol–water partition coefficient (Wildman–Crippen LogP) is 5.37. The van der Waals surface area contributed by atoms with Crippen molar-refractivity contribution in [2.45, 2.75) is 24.7 Å². The van der Waals surface area contributed by atoms with E-state index >= 15 is 0 Å². The summed E-state index contributed by atoms with van der Waals surface area (Å²) in [5, 5.41) is 2.09.